The highest BCUT2D eigenvalue weighted by Crippen LogP contribution is 2.18. The largest absolute Gasteiger partial charge is 0.472 e. The summed E-state index contributed by atoms with van der Waals surface area (Å²) in [5, 5.41) is 0. The van der Waals surface area contributed by atoms with Gasteiger partial charge in [-0.25, -0.2) is 4.98 Å². The fourth-order valence-corrected chi connectivity index (χ4v) is 1.12. The summed E-state index contributed by atoms with van der Waals surface area (Å²) in [6.45, 7) is 10.3. The number of hydrogen-bond acceptors (Lipinski definition) is 2. The molecule has 1 aromatic rings. The molecule has 0 radical (unpaired) electrons. The van der Waals surface area contributed by atoms with Crippen molar-refractivity contribution in [1.29, 1.82) is 0 Å². The summed E-state index contributed by atoms with van der Waals surface area (Å²) in [4.78, 5) is 4.44. The number of pyridine rings is 1. The minimum atomic E-state index is -0.178. The van der Waals surface area contributed by atoms with Crippen LogP contribution in [0.5, 0.6) is 5.88 Å². The lowest BCUT2D eigenvalue weighted by Crippen LogP contribution is -2.23. The molecule has 0 aliphatic rings. The molecule has 0 aromatic carbocycles. The Hall–Kier alpha value is -1.05. The van der Waals surface area contributed by atoms with Crippen LogP contribution < -0.4 is 4.74 Å². The molecule has 1 heterocycles. The maximum absolute atomic E-state index is 5.68. The fourth-order valence-electron chi connectivity index (χ4n) is 1.12. The van der Waals surface area contributed by atoms with Gasteiger partial charge in [-0.2, -0.15) is 0 Å². The van der Waals surface area contributed by atoms with Crippen molar-refractivity contribution in [2.75, 3.05) is 0 Å². The lowest BCUT2D eigenvalue weighted by Gasteiger charge is -2.20. The standard InChI is InChI=1S/C12H19NO/c1-9(2)10-7-6-8-11(13-10)14-12(3,4)5/h6-9H,1-5H3. The Bertz CT molecular complexity index is 299. The second kappa shape index (κ2) is 3.99. The van der Waals surface area contributed by atoms with Gasteiger partial charge in [0, 0.05) is 11.8 Å². The number of hydrogen-bond donors (Lipinski definition) is 0. The summed E-state index contributed by atoms with van der Waals surface area (Å²) >= 11 is 0. The number of ether oxygens (including phenoxy) is 1. The van der Waals surface area contributed by atoms with Gasteiger partial charge in [-0.15, -0.1) is 0 Å². The Morgan fingerprint density at radius 1 is 1.21 bits per heavy atom. The summed E-state index contributed by atoms with van der Waals surface area (Å²) in [6.07, 6.45) is 0. The molecule has 0 bridgehead atoms. The van der Waals surface area contributed by atoms with Crippen molar-refractivity contribution < 1.29 is 4.74 Å². The molecular weight excluding hydrogens is 174 g/mol. The molecular formula is C12H19NO. The van der Waals surface area contributed by atoms with Crippen molar-refractivity contribution in [2.45, 2.75) is 46.1 Å². The van der Waals surface area contributed by atoms with Crippen LogP contribution in [0.15, 0.2) is 18.2 Å². The minimum absolute atomic E-state index is 0.178. The molecule has 0 saturated carbocycles. The molecule has 2 heteroatoms. The first-order valence-corrected chi connectivity index (χ1v) is 5.04. The van der Waals surface area contributed by atoms with E-state index in [2.05, 4.69) is 18.8 Å². The third-order valence-electron chi connectivity index (χ3n) is 1.75. The maximum atomic E-state index is 5.68. The van der Waals surface area contributed by atoms with E-state index in [9.17, 15) is 0 Å². The van der Waals surface area contributed by atoms with Crippen LogP contribution in [0.4, 0.5) is 0 Å². The Morgan fingerprint density at radius 3 is 2.36 bits per heavy atom. The number of rotatable bonds is 2. The smallest absolute Gasteiger partial charge is 0.213 e. The second-order valence-corrected chi connectivity index (χ2v) is 4.77. The average Bonchev–Trinajstić information content (AvgIpc) is 2.01. The summed E-state index contributed by atoms with van der Waals surface area (Å²) in [6, 6.07) is 5.92. The molecule has 0 N–H and O–H groups in total. The molecule has 78 valence electrons. The van der Waals surface area contributed by atoms with Gasteiger partial charge >= 0.3 is 0 Å². The van der Waals surface area contributed by atoms with E-state index in [-0.39, 0.29) is 5.60 Å². The van der Waals surface area contributed by atoms with Crippen LogP contribution in [0.25, 0.3) is 0 Å². The predicted octanol–water partition coefficient (Wildman–Crippen LogP) is 3.38. The van der Waals surface area contributed by atoms with Crippen molar-refractivity contribution in [3.05, 3.63) is 23.9 Å². The van der Waals surface area contributed by atoms with E-state index in [0.29, 0.717) is 11.8 Å². The van der Waals surface area contributed by atoms with Gasteiger partial charge in [-0.05, 0) is 32.8 Å². The molecule has 2 nitrogen and oxygen atoms in total. The van der Waals surface area contributed by atoms with Gasteiger partial charge in [-0.3, -0.25) is 0 Å². The Morgan fingerprint density at radius 2 is 1.86 bits per heavy atom. The highest BCUT2D eigenvalue weighted by atomic mass is 16.5. The third kappa shape index (κ3) is 3.36. The van der Waals surface area contributed by atoms with Crippen LogP contribution in [-0.2, 0) is 0 Å². The molecule has 1 aromatic heterocycles. The molecule has 0 atom stereocenters. The molecule has 0 saturated heterocycles. The van der Waals surface area contributed by atoms with Crippen LogP contribution in [-0.4, -0.2) is 10.6 Å². The first kappa shape index (κ1) is 11.0. The fraction of sp³-hybridized carbons (Fsp3) is 0.583. The van der Waals surface area contributed by atoms with E-state index in [4.69, 9.17) is 4.74 Å². The molecule has 0 unspecified atom stereocenters. The van der Waals surface area contributed by atoms with Gasteiger partial charge in [0.25, 0.3) is 0 Å². The molecule has 0 spiro atoms. The Labute approximate surface area is 86.3 Å². The third-order valence-corrected chi connectivity index (χ3v) is 1.75. The van der Waals surface area contributed by atoms with E-state index >= 15 is 0 Å². The highest BCUT2D eigenvalue weighted by molar-refractivity contribution is 5.18. The summed E-state index contributed by atoms with van der Waals surface area (Å²) in [7, 11) is 0. The molecule has 0 aliphatic heterocycles. The van der Waals surface area contributed by atoms with E-state index in [0.717, 1.165) is 5.69 Å². The lowest BCUT2D eigenvalue weighted by molar-refractivity contribution is 0.123. The van der Waals surface area contributed by atoms with Gasteiger partial charge in [0.1, 0.15) is 5.60 Å². The van der Waals surface area contributed by atoms with Crippen molar-refractivity contribution in [1.82, 2.24) is 4.98 Å². The molecule has 0 fully saturated rings. The Kier molecular flexibility index (Phi) is 3.14. The molecule has 1 rings (SSSR count). The van der Waals surface area contributed by atoms with Crippen LogP contribution in [0, 0.1) is 0 Å². The number of nitrogens with zero attached hydrogens (tertiary/aromatic N) is 1. The first-order valence-electron chi connectivity index (χ1n) is 5.04. The summed E-state index contributed by atoms with van der Waals surface area (Å²) in [5.41, 5.74) is 0.898. The van der Waals surface area contributed by atoms with Gasteiger partial charge < -0.3 is 4.74 Å². The predicted molar refractivity (Wildman–Crippen MR) is 58.7 cm³/mol. The summed E-state index contributed by atoms with van der Waals surface area (Å²) < 4.78 is 5.68. The van der Waals surface area contributed by atoms with Crippen LogP contribution in [0.2, 0.25) is 0 Å². The van der Waals surface area contributed by atoms with E-state index in [1.807, 2.05) is 39.0 Å². The van der Waals surface area contributed by atoms with Gasteiger partial charge in [0.05, 0.1) is 0 Å². The highest BCUT2D eigenvalue weighted by Gasteiger charge is 2.13. The zero-order valence-corrected chi connectivity index (χ0v) is 9.66. The molecule has 0 aliphatic carbocycles. The van der Waals surface area contributed by atoms with Crippen molar-refractivity contribution >= 4 is 0 Å². The zero-order valence-electron chi connectivity index (χ0n) is 9.66. The normalized spacial score (nSPS) is 11.9. The number of aromatic nitrogens is 1. The lowest BCUT2D eigenvalue weighted by atomic mass is 10.1. The Balaban J connectivity index is 2.84. The van der Waals surface area contributed by atoms with Crippen LogP contribution in [0.1, 0.15) is 46.2 Å². The van der Waals surface area contributed by atoms with Crippen LogP contribution >= 0.6 is 0 Å². The van der Waals surface area contributed by atoms with E-state index in [1.165, 1.54) is 0 Å². The van der Waals surface area contributed by atoms with Crippen molar-refractivity contribution in [3.8, 4) is 5.88 Å². The maximum Gasteiger partial charge on any atom is 0.213 e. The van der Waals surface area contributed by atoms with Gasteiger partial charge in [-0.1, -0.05) is 19.9 Å². The SMILES string of the molecule is CC(C)c1cccc(OC(C)(C)C)n1. The van der Waals surface area contributed by atoms with Crippen LogP contribution in [0.3, 0.4) is 0 Å². The molecule has 0 amide bonds. The minimum Gasteiger partial charge on any atom is -0.472 e. The zero-order chi connectivity index (χ0) is 10.8. The monoisotopic (exact) mass is 193 g/mol. The first-order chi connectivity index (χ1) is 6.38. The molecule has 14 heavy (non-hydrogen) atoms. The van der Waals surface area contributed by atoms with Gasteiger partial charge in [0.2, 0.25) is 5.88 Å². The topological polar surface area (TPSA) is 22.1 Å². The van der Waals surface area contributed by atoms with Crippen molar-refractivity contribution in [3.63, 3.8) is 0 Å². The average molecular weight is 193 g/mol. The van der Waals surface area contributed by atoms with Gasteiger partial charge in [0.15, 0.2) is 0 Å². The van der Waals surface area contributed by atoms with E-state index < -0.39 is 0 Å². The summed E-state index contributed by atoms with van der Waals surface area (Å²) in [5.74, 6) is 1.15. The second-order valence-electron chi connectivity index (χ2n) is 4.77. The quantitative estimate of drug-likeness (QED) is 0.718. The van der Waals surface area contributed by atoms with E-state index in [1.54, 1.807) is 0 Å². The van der Waals surface area contributed by atoms with Crippen molar-refractivity contribution in [2.24, 2.45) is 0 Å².